The van der Waals surface area contributed by atoms with E-state index in [0.717, 1.165) is 12.8 Å². The fourth-order valence-corrected chi connectivity index (χ4v) is 1.38. The summed E-state index contributed by atoms with van der Waals surface area (Å²) in [7, 11) is 0. The molecule has 0 aliphatic heterocycles. The van der Waals surface area contributed by atoms with Crippen molar-refractivity contribution in [2.24, 2.45) is 0 Å². The van der Waals surface area contributed by atoms with Gasteiger partial charge < -0.3 is 4.74 Å². The Morgan fingerprint density at radius 2 is 2.08 bits per heavy atom. The number of ether oxygens (including phenoxy) is 1. The first-order valence-corrected chi connectivity index (χ1v) is 5.44. The zero-order valence-electron chi connectivity index (χ0n) is 7.81. The van der Waals surface area contributed by atoms with Gasteiger partial charge in [0, 0.05) is 0 Å². The molecule has 1 atom stereocenters. The van der Waals surface area contributed by atoms with Gasteiger partial charge in [-0.3, -0.25) is 4.79 Å². The molecule has 0 aliphatic rings. The number of rotatable bonds is 6. The summed E-state index contributed by atoms with van der Waals surface area (Å²) in [5.74, 6) is -0.131. The maximum atomic E-state index is 11.1. The van der Waals surface area contributed by atoms with Crippen LogP contribution >= 0.6 is 15.9 Å². The maximum absolute atomic E-state index is 11.1. The third kappa shape index (κ3) is 5.58. The predicted octanol–water partition coefficient (Wildman–Crippen LogP) is 2.89. The van der Waals surface area contributed by atoms with Gasteiger partial charge in [0.15, 0.2) is 0 Å². The van der Waals surface area contributed by atoms with Crippen molar-refractivity contribution in [2.45, 2.75) is 44.4 Å². The van der Waals surface area contributed by atoms with Crippen LogP contribution in [0.2, 0.25) is 0 Å². The standard InChI is InChI=1S/C9H17BrO2/c1-3-5-6-7-8(10)9(11)12-4-2/h8H,3-7H2,1-2H3/t8-/m0/s1. The summed E-state index contributed by atoms with van der Waals surface area (Å²) in [6.45, 7) is 4.44. The van der Waals surface area contributed by atoms with Gasteiger partial charge >= 0.3 is 5.97 Å². The maximum Gasteiger partial charge on any atom is 0.319 e. The van der Waals surface area contributed by atoms with Gasteiger partial charge in [-0.15, -0.1) is 0 Å². The lowest BCUT2D eigenvalue weighted by Gasteiger charge is -2.07. The Bertz CT molecular complexity index is 126. The van der Waals surface area contributed by atoms with Crippen molar-refractivity contribution in [1.82, 2.24) is 0 Å². The van der Waals surface area contributed by atoms with E-state index in [9.17, 15) is 4.79 Å². The van der Waals surface area contributed by atoms with E-state index in [2.05, 4.69) is 22.9 Å². The molecular formula is C9H17BrO2. The number of unbranched alkanes of at least 4 members (excludes halogenated alkanes) is 2. The number of hydrogen-bond acceptors (Lipinski definition) is 2. The lowest BCUT2D eigenvalue weighted by molar-refractivity contribution is -0.142. The minimum atomic E-state index is -0.131. The quantitative estimate of drug-likeness (QED) is 0.403. The third-order valence-electron chi connectivity index (χ3n) is 1.60. The molecule has 0 saturated carbocycles. The normalized spacial score (nSPS) is 12.6. The molecule has 0 heterocycles. The molecule has 0 aliphatic carbocycles. The third-order valence-corrected chi connectivity index (χ3v) is 2.44. The second kappa shape index (κ2) is 7.59. The molecule has 0 rings (SSSR count). The monoisotopic (exact) mass is 236 g/mol. The molecule has 0 bridgehead atoms. The molecule has 12 heavy (non-hydrogen) atoms. The van der Waals surface area contributed by atoms with Crippen LogP contribution in [0.4, 0.5) is 0 Å². The van der Waals surface area contributed by atoms with E-state index in [1.807, 2.05) is 6.92 Å². The average molecular weight is 237 g/mol. The van der Waals surface area contributed by atoms with Crippen molar-refractivity contribution in [3.8, 4) is 0 Å². The van der Waals surface area contributed by atoms with Gasteiger partial charge in [0.05, 0.1) is 6.61 Å². The van der Waals surface area contributed by atoms with Crippen LogP contribution in [-0.2, 0) is 9.53 Å². The van der Waals surface area contributed by atoms with E-state index < -0.39 is 0 Å². The Morgan fingerprint density at radius 1 is 1.42 bits per heavy atom. The lowest BCUT2D eigenvalue weighted by Crippen LogP contribution is -2.17. The number of esters is 1. The Hall–Kier alpha value is -0.0500. The van der Waals surface area contributed by atoms with Crippen LogP contribution in [0.1, 0.15) is 39.5 Å². The number of hydrogen-bond donors (Lipinski definition) is 0. The summed E-state index contributed by atoms with van der Waals surface area (Å²) in [5, 5.41) is 0. The minimum absolute atomic E-state index is 0.107. The van der Waals surface area contributed by atoms with Gasteiger partial charge in [-0.05, 0) is 13.3 Å². The first-order valence-electron chi connectivity index (χ1n) is 4.53. The molecule has 0 fully saturated rings. The lowest BCUT2D eigenvalue weighted by atomic mass is 10.1. The summed E-state index contributed by atoms with van der Waals surface area (Å²) in [5.41, 5.74) is 0. The minimum Gasteiger partial charge on any atom is -0.465 e. The van der Waals surface area contributed by atoms with Gasteiger partial charge in [0.1, 0.15) is 4.83 Å². The summed E-state index contributed by atoms with van der Waals surface area (Å²) in [6, 6.07) is 0. The van der Waals surface area contributed by atoms with Crippen LogP contribution < -0.4 is 0 Å². The molecule has 0 radical (unpaired) electrons. The molecular weight excluding hydrogens is 220 g/mol. The van der Waals surface area contributed by atoms with E-state index in [-0.39, 0.29) is 10.8 Å². The van der Waals surface area contributed by atoms with E-state index in [4.69, 9.17) is 4.74 Å². The van der Waals surface area contributed by atoms with Gasteiger partial charge in [-0.25, -0.2) is 0 Å². The summed E-state index contributed by atoms with van der Waals surface area (Å²) < 4.78 is 4.85. The van der Waals surface area contributed by atoms with Crippen LogP contribution in [0, 0.1) is 0 Å². The van der Waals surface area contributed by atoms with Crippen molar-refractivity contribution >= 4 is 21.9 Å². The second-order valence-electron chi connectivity index (χ2n) is 2.72. The van der Waals surface area contributed by atoms with Crippen LogP contribution in [0.15, 0.2) is 0 Å². The van der Waals surface area contributed by atoms with E-state index in [0.29, 0.717) is 6.61 Å². The first-order chi connectivity index (χ1) is 5.72. The molecule has 72 valence electrons. The Kier molecular flexibility index (Phi) is 7.56. The molecule has 0 aromatic carbocycles. The smallest absolute Gasteiger partial charge is 0.319 e. The van der Waals surface area contributed by atoms with Gasteiger partial charge in [-0.1, -0.05) is 42.1 Å². The molecule has 0 spiro atoms. The molecule has 0 unspecified atom stereocenters. The van der Waals surface area contributed by atoms with Crippen LogP contribution in [0.25, 0.3) is 0 Å². The highest BCUT2D eigenvalue weighted by Crippen LogP contribution is 2.12. The highest BCUT2D eigenvalue weighted by molar-refractivity contribution is 9.10. The van der Waals surface area contributed by atoms with Gasteiger partial charge in [0.2, 0.25) is 0 Å². The van der Waals surface area contributed by atoms with Crippen LogP contribution in [0.5, 0.6) is 0 Å². The summed E-state index contributed by atoms with van der Waals surface area (Å²) in [4.78, 5) is 11.0. The number of halogens is 1. The highest BCUT2D eigenvalue weighted by atomic mass is 79.9. The Labute approximate surface area is 82.8 Å². The number of alkyl halides is 1. The zero-order valence-corrected chi connectivity index (χ0v) is 9.39. The fourth-order valence-electron chi connectivity index (χ4n) is 0.924. The number of carbonyl (C=O) groups excluding carboxylic acids is 1. The first kappa shape index (κ1) is 11.9. The zero-order chi connectivity index (χ0) is 9.40. The SMILES string of the molecule is CCCCC[C@H](Br)C(=O)OCC. The van der Waals surface area contributed by atoms with E-state index in [1.54, 1.807) is 0 Å². The summed E-state index contributed by atoms with van der Waals surface area (Å²) >= 11 is 3.30. The topological polar surface area (TPSA) is 26.3 Å². The highest BCUT2D eigenvalue weighted by Gasteiger charge is 2.14. The fraction of sp³-hybridized carbons (Fsp3) is 0.889. The molecule has 2 nitrogen and oxygen atoms in total. The summed E-state index contributed by atoms with van der Waals surface area (Å²) in [6.07, 6.45) is 4.34. The van der Waals surface area contributed by atoms with Crippen molar-refractivity contribution in [1.29, 1.82) is 0 Å². The van der Waals surface area contributed by atoms with Crippen LogP contribution in [0.3, 0.4) is 0 Å². The van der Waals surface area contributed by atoms with Gasteiger partial charge in [0.25, 0.3) is 0 Å². The largest absolute Gasteiger partial charge is 0.465 e. The van der Waals surface area contributed by atoms with Crippen molar-refractivity contribution in [3.63, 3.8) is 0 Å². The van der Waals surface area contributed by atoms with Crippen molar-refractivity contribution < 1.29 is 9.53 Å². The molecule has 0 N–H and O–H groups in total. The van der Waals surface area contributed by atoms with Gasteiger partial charge in [-0.2, -0.15) is 0 Å². The van der Waals surface area contributed by atoms with Crippen molar-refractivity contribution in [2.75, 3.05) is 6.61 Å². The Balaban J connectivity index is 3.42. The molecule has 3 heteroatoms. The van der Waals surface area contributed by atoms with E-state index in [1.165, 1.54) is 12.8 Å². The molecule has 0 aromatic rings. The average Bonchev–Trinajstić information content (AvgIpc) is 2.05. The number of carbonyl (C=O) groups is 1. The van der Waals surface area contributed by atoms with Crippen LogP contribution in [-0.4, -0.2) is 17.4 Å². The van der Waals surface area contributed by atoms with Crippen molar-refractivity contribution in [3.05, 3.63) is 0 Å². The Morgan fingerprint density at radius 3 is 2.58 bits per heavy atom. The van der Waals surface area contributed by atoms with E-state index >= 15 is 0 Å². The molecule has 0 aromatic heterocycles. The molecule has 0 saturated heterocycles. The second-order valence-corrected chi connectivity index (χ2v) is 3.82. The predicted molar refractivity (Wildman–Crippen MR) is 53.5 cm³/mol. The molecule has 0 amide bonds.